The Kier molecular flexibility index (Phi) is 3.05. The molecule has 0 atom stereocenters. The van der Waals surface area contributed by atoms with Crippen LogP contribution in [0.1, 0.15) is 12.0 Å². The van der Waals surface area contributed by atoms with Crippen LogP contribution in [0.2, 0.25) is 0 Å². The van der Waals surface area contributed by atoms with Crippen molar-refractivity contribution in [3.63, 3.8) is 0 Å². The highest BCUT2D eigenvalue weighted by molar-refractivity contribution is 7.85. The molecule has 1 N–H and O–H groups in total. The molecule has 74 valence electrons. The molecule has 1 aromatic rings. The minimum absolute atomic E-state index is 0.193. The van der Waals surface area contributed by atoms with Crippen LogP contribution in [0.4, 0.5) is 0 Å². The number of rotatable bonds is 4. The molecule has 0 spiro atoms. The molecule has 13 heavy (non-hydrogen) atoms. The Labute approximate surface area is 77.1 Å². The summed E-state index contributed by atoms with van der Waals surface area (Å²) in [5, 5.41) is 3.94. The van der Waals surface area contributed by atoms with Gasteiger partial charge in [0.1, 0.15) is 0 Å². The van der Waals surface area contributed by atoms with Crippen molar-refractivity contribution >= 4 is 10.1 Å². The van der Waals surface area contributed by atoms with Crippen LogP contribution in [-0.4, -0.2) is 28.5 Å². The summed E-state index contributed by atoms with van der Waals surface area (Å²) in [6, 6.07) is 0. The molecule has 0 amide bonds. The number of hydrogen-bond acceptors (Lipinski definition) is 3. The van der Waals surface area contributed by atoms with E-state index >= 15 is 0 Å². The summed E-state index contributed by atoms with van der Waals surface area (Å²) in [6.45, 7) is 0. The summed E-state index contributed by atoms with van der Waals surface area (Å²) in [6.07, 6.45) is 4.55. The first-order valence-corrected chi connectivity index (χ1v) is 5.51. The molecule has 0 aliphatic rings. The third kappa shape index (κ3) is 4.05. The minimum Gasteiger partial charge on any atom is -0.286 e. The Hall–Kier alpha value is -0.880. The van der Waals surface area contributed by atoms with Crippen LogP contribution in [0.25, 0.3) is 0 Å². The van der Waals surface area contributed by atoms with Crippen LogP contribution < -0.4 is 0 Å². The summed E-state index contributed by atoms with van der Waals surface area (Å²) in [7, 11) is -2.02. The molecule has 5 nitrogen and oxygen atoms in total. The fourth-order valence-electron chi connectivity index (χ4n) is 1.06. The van der Waals surface area contributed by atoms with Crippen molar-refractivity contribution in [1.29, 1.82) is 0 Å². The van der Waals surface area contributed by atoms with Gasteiger partial charge in [0, 0.05) is 13.2 Å². The lowest BCUT2D eigenvalue weighted by molar-refractivity contribution is 0.481. The normalized spacial score (nSPS) is 11.8. The van der Waals surface area contributed by atoms with Crippen LogP contribution in [0.5, 0.6) is 0 Å². The van der Waals surface area contributed by atoms with Gasteiger partial charge in [0.25, 0.3) is 10.1 Å². The van der Waals surface area contributed by atoms with Gasteiger partial charge in [0.15, 0.2) is 0 Å². The van der Waals surface area contributed by atoms with Gasteiger partial charge >= 0.3 is 0 Å². The molecule has 0 saturated carbocycles. The summed E-state index contributed by atoms with van der Waals surface area (Å²) >= 11 is 0. The lowest BCUT2D eigenvalue weighted by Gasteiger charge is -1.94. The molecule has 0 saturated heterocycles. The highest BCUT2D eigenvalue weighted by Gasteiger charge is 2.04. The first-order valence-electron chi connectivity index (χ1n) is 3.90. The zero-order valence-electron chi connectivity index (χ0n) is 7.34. The Morgan fingerprint density at radius 1 is 1.62 bits per heavy atom. The maximum absolute atomic E-state index is 10.4. The molecular weight excluding hydrogens is 192 g/mol. The van der Waals surface area contributed by atoms with Crippen molar-refractivity contribution < 1.29 is 13.0 Å². The SMILES string of the molecule is Cn1cc(CCCS(=O)(=O)O)cn1. The molecule has 0 unspecified atom stereocenters. The summed E-state index contributed by atoms with van der Waals surface area (Å²) in [4.78, 5) is 0. The Balaban J connectivity index is 2.36. The zero-order valence-corrected chi connectivity index (χ0v) is 8.16. The Bertz CT molecular complexity index is 369. The zero-order chi connectivity index (χ0) is 9.90. The average molecular weight is 204 g/mol. The molecule has 1 heterocycles. The third-order valence-corrected chi connectivity index (χ3v) is 2.43. The van der Waals surface area contributed by atoms with E-state index in [-0.39, 0.29) is 5.75 Å². The lowest BCUT2D eigenvalue weighted by Crippen LogP contribution is -2.04. The van der Waals surface area contributed by atoms with Crippen molar-refractivity contribution in [2.75, 3.05) is 5.75 Å². The predicted molar refractivity (Wildman–Crippen MR) is 47.9 cm³/mol. The van der Waals surface area contributed by atoms with Gasteiger partial charge in [-0.1, -0.05) is 0 Å². The maximum Gasteiger partial charge on any atom is 0.264 e. The van der Waals surface area contributed by atoms with E-state index < -0.39 is 10.1 Å². The molecular formula is C7H12N2O3S. The van der Waals surface area contributed by atoms with E-state index in [1.807, 2.05) is 6.20 Å². The van der Waals surface area contributed by atoms with Gasteiger partial charge in [0.2, 0.25) is 0 Å². The van der Waals surface area contributed by atoms with E-state index in [9.17, 15) is 8.42 Å². The number of aromatic nitrogens is 2. The van der Waals surface area contributed by atoms with Crippen molar-refractivity contribution in [2.45, 2.75) is 12.8 Å². The average Bonchev–Trinajstić information content (AvgIpc) is 2.33. The predicted octanol–water partition coefficient (Wildman–Crippen LogP) is 0.240. The smallest absolute Gasteiger partial charge is 0.264 e. The topological polar surface area (TPSA) is 72.2 Å². The Morgan fingerprint density at radius 3 is 2.77 bits per heavy atom. The molecule has 6 heteroatoms. The van der Waals surface area contributed by atoms with Crippen molar-refractivity contribution in [3.05, 3.63) is 18.0 Å². The van der Waals surface area contributed by atoms with Crippen LogP contribution in [0.15, 0.2) is 12.4 Å². The van der Waals surface area contributed by atoms with E-state index in [0.717, 1.165) is 5.56 Å². The molecule has 0 aliphatic carbocycles. The van der Waals surface area contributed by atoms with Crippen LogP contribution in [-0.2, 0) is 23.6 Å². The van der Waals surface area contributed by atoms with Crippen molar-refractivity contribution in [1.82, 2.24) is 9.78 Å². The van der Waals surface area contributed by atoms with Gasteiger partial charge < -0.3 is 0 Å². The highest BCUT2D eigenvalue weighted by Crippen LogP contribution is 2.01. The molecule has 0 aliphatic heterocycles. The second kappa shape index (κ2) is 3.89. The summed E-state index contributed by atoms with van der Waals surface area (Å²) in [5.74, 6) is -0.193. The van der Waals surface area contributed by atoms with Crippen molar-refractivity contribution in [3.8, 4) is 0 Å². The van der Waals surface area contributed by atoms with E-state index in [0.29, 0.717) is 12.8 Å². The van der Waals surface area contributed by atoms with Gasteiger partial charge in [-0.3, -0.25) is 9.23 Å². The number of hydrogen-bond donors (Lipinski definition) is 1. The highest BCUT2D eigenvalue weighted by atomic mass is 32.2. The molecule has 1 aromatic heterocycles. The van der Waals surface area contributed by atoms with Gasteiger partial charge in [-0.2, -0.15) is 13.5 Å². The Morgan fingerprint density at radius 2 is 2.31 bits per heavy atom. The minimum atomic E-state index is -3.81. The van der Waals surface area contributed by atoms with E-state index in [4.69, 9.17) is 4.55 Å². The quantitative estimate of drug-likeness (QED) is 0.713. The van der Waals surface area contributed by atoms with Gasteiger partial charge in [0.05, 0.1) is 11.9 Å². The fraction of sp³-hybridized carbons (Fsp3) is 0.571. The molecule has 1 rings (SSSR count). The first-order chi connectivity index (χ1) is 5.97. The standard InChI is InChI=1S/C7H12N2O3S/c1-9-6-7(5-8-9)3-2-4-13(10,11)12/h5-6H,2-4H2,1H3,(H,10,11,12). The van der Waals surface area contributed by atoms with Crippen LogP contribution in [0.3, 0.4) is 0 Å². The lowest BCUT2D eigenvalue weighted by atomic mass is 10.2. The molecule has 0 aromatic carbocycles. The molecule has 0 fully saturated rings. The van der Waals surface area contributed by atoms with E-state index in [1.54, 1.807) is 17.9 Å². The van der Waals surface area contributed by atoms with E-state index in [1.165, 1.54) is 0 Å². The van der Waals surface area contributed by atoms with Gasteiger partial charge in [-0.15, -0.1) is 0 Å². The van der Waals surface area contributed by atoms with Crippen molar-refractivity contribution in [2.24, 2.45) is 7.05 Å². The second-order valence-electron chi connectivity index (χ2n) is 2.91. The monoisotopic (exact) mass is 204 g/mol. The van der Waals surface area contributed by atoms with Crippen LogP contribution >= 0.6 is 0 Å². The number of nitrogens with zero attached hydrogens (tertiary/aromatic N) is 2. The molecule has 0 bridgehead atoms. The fourth-order valence-corrected chi connectivity index (χ4v) is 1.57. The summed E-state index contributed by atoms with van der Waals surface area (Å²) in [5.41, 5.74) is 0.978. The first kappa shape index (κ1) is 10.2. The third-order valence-electron chi connectivity index (χ3n) is 1.63. The largest absolute Gasteiger partial charge is 0.286 e. The maximum atomic E-state index is 10.4. The number of aryl methyl sites for hydroxylation is 2. The van der Waals surface area contributed by atoms with E-state index in [2.05, 4.69) is 5.10 Å². The van der Waals surface area contributed by atoms with Gasteiger partial charge in [-0.05, 0) is 18.4 Å². The van der Waals surface area contributed by atoms with Crippen LogP contribution in [0, 0.1) is 0 Å². The molecule has 0 radical (unpaired) electrons. The second-order valence-corrected chi connectivity index (χ2v) is 4.48. The van der Waals surface area contributed by atoms with Gasteiger partial charge in [-0.25, -0.2) is 0 Å². The summed E-state index contributed by atoms with van der Waals surface area (Å²) < 4.78 is 30.8.